The fraction of sp³-hybridized carbons (Fsp3) is 0.909. The van der Waals surface area contributed by atoms with Gasteiger partial charge in [0, 0.05) is 19.1 Å². The van der Waals surface area contributed by atoms with E-state index in [9.17, 15) is 4.79 Å². The average Bonchev–Trinajstić information content (AvgIpc) is 2.29. The van der Waals surface area contributed by atoms with E-state index >= 15 is 0 Å². The van der Waals surface area contributed by atoms with Crippen molar-refractivity contribution in [2.75, 3.05) is 19.6 Å². The van der Waals surface area contributed by atoms with Gasteiger partial charge in [-0.2, -0.15) is 0 Å². The second kappa shape index (κ2) is 5.95. The maximum atomic E-state index is 11.7. The predicted octanol–water partition coefficient (Wildman–Crippen LogP) is 1.17. The van der Waals surface area contributed by atoms with Gasteiger partial charge < -0.3 is 16.0 Å². The van der Waals surface area contributed by atoms with Crippen LogP contribution >= 0.6 is 0 Å². The predicted molar refractivity (Wildman–Crippen MR) is 61.6 cm³/mol. The van der Waals surface area contributed by atoms with Gasteiger partial charge in [0.25, 0.3) is 0 Å². The van der Waals surface area contributed by atoms with Crippen LogP contribution in [0.4, 0.5) is 4.79 Å². The summed E-state index contributed by atoms with van der Waals surface area (Å²) < 4.78 is 0. The second-order valence-corrected chi connectivity index (χ2v) is 4.42. The van der Waals surface area contributed by atoms with Crippen molar-refractivity contribution in [3.63, 3.8) is 0 Å². The molecule has 4 heteroatoms. The molecule has 0 aromatic heterocycles. The summed E-state index contributed by atoms with van der Waals surface area (Å²) in [5, 5.41) is 2.99. The number of nitrogens with zero attached hydrogens (tertiary/aromatic N) is 1. The molecule has 1 aliphatic rings. The Hall–Kier alpha value is -0.770. The SMILES string of the molecule is CCC(C)NC(=O)N1CCC(CN)CC1. The van der Waals surface area contributed by atoms with Gasteiger partial charge >= 0.3 is 6.03 Å². The van der Waals surface area contributed by atoms with E-state index in [-0.39, 0.29) is 12.1 Å². The Bertz CT molecular complexity index is 200. The minimum absolute atomic E-state index is 0.0832. The van der Waals surface area contributed by atoms with Crippen LogP contribution in [0.1, 0.15) is 33.1 Å². The minimum Gasteiger partial charge on any atom is -0.336 e. The summed E-state index contributed by atoms with van der Waals surface area (Å²) in [5.74, 6) is 0.609. The number of urea groups is 1. The third-order valence-corrected chi connectivity index (χ3v) is 3.22. The van der Waals surface area contributed by atoms with Gasteiger partial charge in [0.2, 0.25) is 0 Å². The van der Waals surface area contributed by atoms with Crippen LogP contribution in [-0.2, 0) is 0 Å². The lowest BCUT2D eigenvalue weighted by Crippen LogP contribution is -2.47. The number of hydrogen-bond acceptors (Lipinski definition) is 2. The first-order valence-electron chi connectivity index (χ1n) is 5.92. The molecule has 0 aromatic rings. The molecule has 1 rings (SSSR count). The molecule has 0 aliphatic carbocycles. The van der Waals surface area contributed by atoms with Gasteiger partial charge in [-0.1, -0.05) is 6.92 Å². The smallest absolute Gasteiger partial charge is 0.317 e. The lowest BCUT2D eigenvalue weighted by atomic mass is 9.97. The molecule has 0 bridgehead atoms. The molecule has 3 N–H and O–H groups in total. The lowest BCUT2D eigenvalue weighted by Gasteiger charge is -2.32. The van der Waals surface area contributed by atoms with Crippen molar-refractivity contribution in [1.29, 1.82) is 0 Å². The van der Waals surface area contributed by atoms with Crippen LogP contribution in [0.25, 0.3) is 0 Å². The molecular formula is C11H23N3O. The number of nitrogens with one attached hydrogen (secondary N) is 1. The molecule has 1 heterocycles. The van der Waals surface area contributed by atoms with Crippen LogP contribution in [0.15, 0.2) is 0 Å². The van der Waals surface area contributed by atoms with E-state index in [0.717, 1.165) is 38.9 Å². The Morgan fingerprint density at radius 1 is 1.53 bits per heavy atom. The lowest BCUT2D eigenvalue weighted by molar-refractivity contribution is 0.169. The molecule has 0 aromatic carbocycles. The zero-order valence-electron chi connectivity index (χ0n) is 9.83. The number of likely N-dealkylation sites (tertiary alicyclic amines) is 1. The Morgan fingerprint density at radius 3 is 2.60 bits per heavy atom. The van der Waals surface area contributed by atoms with Crippen molar-refractivity contribution >= 4 is 6.03 Å². The number of amides is 2. The van der Waals surface area contributed by atoms with E-state index in [4.69, 9.17) is 5.73 Å². The Kier molecular flexibility index (Phi) is 4.88. The van der Waals surface area contributed by atoms with Gasteiger partial charge in [0.05, 0.1) is 0 Å². The topological polar surface area (TPSA) is 58.4 Å². The van der Waals surface area contributed by atoms with E-state index in [1.54, 1.807) is 0 Å². The van der Waals surface area contributed by atoms with Crippen molar-refractivity contribution in [2.24, 2.45) is 11.7 Å². The van der Waals surface area contributed by atoms with Crippen LogP contribution in [0.2, 0.25) is 0 Å². The van der Waals surface area contributed by atoms with Crippen molar-refractivity contribution in [3.05, 3.63) is 0 Å². The molecule has 1 fully saturated rings. The summed E-state index contributed by atoms with van der Waals surface area (Å²) in [6.07, 6.45) is 3.07. The van der Waals surface area contributed by atoms with E-state index in [0.29, 0.717) is 5.92 Å². The maximum absolute atomic E-state index is 11.7. The third-order valence-electron chi connectivity index (χ3n) is 3.22. The molecular weight excluding hydrogens is 190 g/mol. The molecule has 0 spiro atoms. The first kappa shape index (κ1) is 12.3. The van der Waals surface area contributed by atoms with Crippen LogP contribution in [0.5, 0.6) is 0 Å². The highest BCUT2D eigenvalue weighted by molar-refractivity contribution is 5.74. The van der Waals surface area contributed by atoms with Crippen molar-refractivity contribution < 1.29 is 4.79 Å². The van der Waals surface area contributed by atoms with Gasteiger partial charge in [-0.3, -0.25) is 0 Å². The minimum atomic E-state index is 0.0832. The highest BCUT2D eigenvalue weighted by Crippen LogP contribution is 2.15. The van der Waals surface area contributed by atoms with Crippen molar-refractivity contribution in [2.45, 2.75) is 39.2 Å². The maximum Gasteiger partial charge on any atom is 0.317 e. The number of piperidine rings is 1. The third kappa shape index (κ3) is 3.70. The summed E-state index contributed by atoms with van der Waals surface area (Å²) >= 11 is 0. The highest BCUT2D eigenvalue weighted by atomic mass is 16.2. The summed E-state index contributed by atoms with van der Waals surface area (Å²) in [6.45, 7) is 6.56. The molecule has 0 radical (unpaired) electrons. The first-order chi connectivity index (χ1) is 7.17. The van der Waals surface area contributed by atoms with E-state index in [2.05, 4.69) is 12.2 Å². The molecule has 1 saturated heterocycles. The van der Waals surface area contributed by atoms with Crippen molar-refractivity contribution in [1.82, 2.24) is 10.2 Å². The molecule has 4 nitrogen and oxygen atoms in total. The van der Waals surface area contributed by atoms with Crippen LogP contribution in [-0.4, -0.2) is 36.6 Å². The van der Waals surface area contributed by atoms with E-state index in [1.807, 2.05) is 11.8 Å². The zero-order chi connectivity index (χ0) is 11.3. The fourth-order valence-corrected chi connectivity index (χ4v) is 1.78. The Morgan fingerprint density at radius 2 is 2.13 bits per heavy atom. The largest absolute Gasteiger partial charge is 0.336 e. The number of hydrogen-bond donors (Lipinski definition) is 2. The highest BCUT2D eigenvalue weighted by Gasteiger charge is 2.22. The molecule has 1 unspecified atom stereocenters. The number of carbonyl (C=O) groups is 1. The van der Waals surface area contributed by atoms with Gasteiger partial charge in [-0.05, 0) is 38.6 Å². The van der Waals surface area contributed by atoms with E-state index < -0.39 is 0 Å². The number of nitrogens with two attached hydrogens (primary N) is 1. The Balaban J connectivity index is 2.30. The molecule has 88 valence electrons. The van der Waals surface area contributed by atoms with Gasteiger partial charge in [-0.15, -0.1) is 0 Å². The van der Waals surface area contributed by atoms with Gasteiger partial charge in [0.1, 0.15) is 0 Å². The number of rotatable bonds is 3. The summed E-state index contributed by atoms with van der Waals surface area (Å²) in [6, 6.07) is 0.351. The molecule has 15 heavy (non-hydrogen) atoms. The summed E-state index contributed by atoms with van der Waals surface area (Å²) in [7, 11) is 0. The summed E-state index contributed by atoms with van der Waals surface area (Å²) in [5.41, 5.74) is 5.61. The second-order valence-electron chi connectivity index (χ2n) is 4.42. The van der Waals surface area contributed by atoms with E-state index in [1.165, 1.54) is 0 Å². The summed E-state index contributed by atoms with van der Waals surface area (Å²) in [4.78, 5) is 13.6. The monoisotopic (exact) mass is 213 g/mol. The zero-order valence-corrected chi connectivity index (χ0v) is 9.83. The first-order valence-corrected chi connectivity index (χ1v) is 5.92. The van der Waals surface area contributed by atoms with Crippen LogP contribution in [0, 0.1) is 5.92 Å². The standard InChI is InChI=1S/C11H23N3O/c1-3-9(2)13-11(15)14-6-4-10(8-12)5-7-14/h9-10H,3-8,12H2,1-2H3,(H,13,15). The Labute approximate surface area is 92.2 Å². The molecule has 0 saturated carbocycles. The number of carbonyl (C=O) groups excluding carboxylic acids is 1. The van der Waals surface area contributed by atoms with Gasteiger partial charge in [0.15, 0.2) is 0 Å². The molecule has 1 atom stereocenters. The van der Waals surface area contributed by atoms with Gasteiger partial charge in [-0.25, -0.2) is 4.79 Å². The van der Waals surface area contributed by atoms with Crippen LogP contribution in [0.3, 0.4) is 0 Å². The molecule has 2 amide bonds. The normalized spacial score (nSPS) is 20.1. The average molecular weight is 213 g/mol. The molecule has 1 aliphatic heterocycles. The fourth-order valence-electron chi connectivity index (χ4n) is 1.78. The van der Waals surface area contributed by atoms with Crippen LogP contribution < -0.4 is 11.1 Å². The quantitative estimate of drug-likeness (QED) is 0.739. The van der Waals surface area contributed by atoms with Crippen molar-refractivity contribution in [3.8, 4) is 0 Å².